The van der Waals surface area contributed by atoms with E-state index in [1.807, 2.05) is 12.1 Å². The summed E-state index contributed by atoms with van der Waals surface area (Å²) in [4.78, 5) is 54.9. The van der Waals surface area contributed by atoms with Crippen molar-refractivity contribution in [3.63, 3.8) is 0 Å². The molecule has 3 saturated heterocycles. The first-order valence-corrected chi connectivity index (χ1v) is 16.1. The van der Waals surface area contributed by atoms with Crippen molar-refractivity contribution in [2.45, 2.75) is 31.0 Å². The van der Waals surface area contributed by atoms with E-state index in [9.17, 15) is 39.6 Å². The average Bonchev–Trinajstić information content (AvgIpc) is 2.97. The molecule has 9 N–H and O–H groups in total. The Bertz CT molecular complexity index is 1130. The molecule has 3 aliphatic heterocycles. The second kappa shape index (κ2) is 18.4. The maximum atomic E-state index is 12.1. The van der Waals surface area contributed by atoms with E-state index in [-0.39, 0.29) is 85.1 Å². The molecule has 3 fully saturated rings. The van der Waals surface area contributed by atoms with Crippen LogP contribution in [-0.2, 0) is 32.1 Å². The number of carboxylic acids is 4. The van der Waals surface area contributed by atoms with E-state index >= 15 is 0 Å². The molecule has 0 spiro atoms. The molecule has 0 atom stereocenters. The van der Waals surface area contributed by atoms with Gasteiger partial charge in [-0.15, -0.1) is 0 Å². The average molecular weight is 665 g/mol. The van der Waals surface area contributed by atoms with Gasteiger partial charge in [-0.2, -0.15) is 0 Å². The summed E-state index contributed by atoms with van der Waals surface area (Å²) >= 11 is 0. The fourth-order valence-corrected chi connectivity index (χ4v) is 6.46. The molecule has 264 valence electrons. The van der Waals surface area contributed by atoms with E-state index in [2.05, 4.69) is 35.0 Å². The minimum atomic E-state index is -1.08. The first kappa shape index (κ1) is 38.2. The zero-order chi connectivity index (χ0) is 34.5. The lowest BCUT2D eigenvalue weighted by Gasteiger charge is -2.45. The van der Waals surface area contributed by atoms with Crippen molar-refractivity contribution in [1.82, 2.24) is 35.6 Å². The van der Waals surface area contributed by atoms with Crippen LogP contribution in [0, 0.1) is 0 Å². The number of carboxylic acid groups (broad SMARTS) is 4. The Labute approximate surface area is 275 Å². The second-order valence-electron chi connectivity index (χ2n) is 12.9. The van der Waals surface area contributed by atoms with Crippen LogP contribution in [-0.4, -0.2) is 180 Å². The van der Waals surface area contributed by atoms with Gasteiger partial charge >= 0.3 is 23.9 Å². The van der Waals surface area contributed by atoms with Crippen LogP contribution in [0.25, 0.3) is 0 Å². The minimum Gasteiger partial charge on any atom is -0.480 e. The monoisotopic (exact) mass is 664 g/mol. The molecule has 16 nitrogen and oxygen atoms in total. The number of hydrogen-bond acceptors (Lipinski definition) is 12. The number of aliphatic carboxylic acids is 4. The number of carbonyl (C=O) groups is 4. The number of hydrogen-bond donors (Lipinski definition) is 8. The Morgan fingerprint density at radius 1 is 0.681 bits per heavy atom. The largest absolute Gasteiger partial charge is 0.480 e. The molecule has 0 unspecified atom stereocenters. The van der Waals surface area contributed by atoms with E-state index in [0.29, 0.717) is 26.2 Å². The van der Waals surface area contributed by atoms with Gasteiger partial charge in [0, 0.05) is 85.1 Å². The van der Waals surface area contributed by atoms with Gasteiger partial charge < -0.3 is 42.1 Å². The molecule has 1 aromatic rings. The third-order valence-electron chi connectivity index (χ3n) is 8.55. The molecule has 16 heteroatoms. The molecular weight excluding hydrogens is 612 g/mol. The van der Waals surface area contributed by atoms with Crippen LogP contribution >= 0.6 is 0 Å². The number of rotatable bonds is 12. The van der Waals surface area contributed by atoms with Gasteiger partial charge in [0.15, 0.2) is 0 Å². The molecule has 3 heterocycles. The molecule has 0 radical (unpaired) electrons. The van der Waals surface area contributed by atoms with Crippen molar-refractivity contribution in [2.24, 2.45) is 5.73 Å². The quantitative estimate of drug-likeness (QED) is 0.116. The van der Waals surface area contributed by atoms with Crippen LogP contribution in [0.4, 0.5) is 0 Å². The van der Waals surface area contributed by atoms with Gasteiger partial charge in [0.05, 0.1) is 37.3 Å². The summed E-state index contributed by atoms with van der Waals surface area (Å²) in [6.45, 7) is 4.28. The first-order valence-electron chi connectivity index (χ1n) is 16.1. The van der Waals surface area contributed by atoms with Gasteiger partial charge in [0.2, 0.25) is 0 Å². The third-order valence-corrected chi connectivity index (χ3v) is 8.55. The molecule has 0 saturated carbocycles. The molecule has 0 aliphatic carbocycles. The summed E-state index contributed by atoms with van der Waals surface area (Å²) in [5.41, 5.74) is 7.17. The van der Waals surface area contributed by atoms with Gasteiger partial charge in [0.1, 0.15) is 0 Å². The van der Waals surface area contributed by atoms with Crippen LogP contribution < -0.4 is 21.7 Å². The number of nitrogens with two attached hydrogens (primary N) is 1. The van der Waals surface area contributed by atoms with Crippen LogP contribution in [0.5, 0.6) is 0 Å². The third kappa shape index (κ3) is 13.8. The van der Waals surface area contributed by atoms with E-state index in [1.165, 1.54) is 5.56 Å². The van der Waals surface area contributed by atoms with Crippen molar-refractivity contribution >= 4 is 23.9 Å². The fourth-order valence-electron chi connectivity index (χ4n) is 6.46. The van der Waals surface area contributed by atoms with E-state index in [1.54, 1.807) is 19.6 Å². The zero-order valence-corrected chi connectivity index (χ0v) is 27.3. The predicted molar refractivity (Wildman–Crippen MR) is 174 cm³/mol. The maximum Gasteiger partial charge on any atom is 0.317 e. The predicted octanol–water partition coefficient (Wildman–Crippen LogP) is -2.47. The Morgan fingerprint density at radius 3 is 1.47 bits per heavy atom. The highest BCUT2D eigenvalue weighted by Crippen LogP contribution is 2.16. The smallest absolute Gasteiger partial charge is 0.317 e. The lowest BCUT2D eigenvalue weighted by molar-refractivity contribution is -0.141. The summed E-state index contributed by atoms with van der Waals surface area (Å²) in [5, 5.41) is 49.8. The number of benzene rings is 1. The normalized spacial score (nSPS) is 25.1. The Kier molecular flexibility index (Phi) is 14.9. The second-order valence-corrected chi connectivity index (χ2v) is 12.9. The lowest BCUT2D eigenvalue weighted by Crippen LogP contribution is -2.67. The van der Waals surface area contributed by atoms with Crippen LogP contribution in [0.2, 0.25) is 0 Å². The van der Waals surface area contributed by atoms with Crippen molar-refractivity contribution in [3.05, 3.63) is 35.4 Å². The molecule has 0 amide bonds. The standard InChI is InChI=1S/C31H52N8O8/c1-2-24-3-5-25(6-4-24)13-35-31-19-34-8-7-33-18-30(32,20-36(14-26(40)41)9-11-38(22-31)16-28(44)45)21-37(15-27(42)43)10-12-39(23-31)17-29(46)47/h3-6,33-35H,2,7-23,32H2,1H3,(H,40,41)(H,42,43)(H,44,45)(H,46,47). The SMILES string of the molecule is CCc1ccc(CNC23CNCCNCC(N)(CN(CC(=O)O)CCN(CC(=O)O)C2)CN(CC(=O)O)CCN(CC(=O)O)C3)cc1. The van der Waals surface area contributed by atoms with Crippen LogP contribution in [0.3, 0.4) is 0 Å². The van der Waals surface area contributed by atoms with E-state index < -0.39 is 35.0 Å². The Balaban J connectivity index is 2.12. The molecule has 3 aliphatic rings. The van der Waals surface area contributed by atoms with Crippen molar-refractivity contribution in [1.29, 1.82) is 0 Å². The molecule has 1 aromatic carbocycles. The van der Waals surface area contributed by atoms with Crippen molar-refractivity contribution < 1.29 is 39.6 Å². The topological polar surface area (TPSA) is 224 Å². The summed E-state index contributed by atoms with van der Waals surface area (Å²) in [6, 6.07) is 8.17. The number of fused-ring (bicyclic) bond motifs is 15. The summed E-state index contributed by atoms with van der Waals surface area (Å²) in [7, 11) is 0. The maximum absolute atomic E-state index is 12.1. The van der Waals surface area contributed by atoms with Crippen molar-refractivity contribution in [2.75, 3.05) is 105 Å². The number of nitrogens with zero attached hydrogens (tertiary/aromatic N) is 4. The molecule has 2 bridgehead atoms. The van der Waals surface area contributed by atoms with Gasteiger partial charge in [-0.3, -0.25) is 38.8 Å². The first-order chi connectivity index (χ1) is 22.3. The van der Waals surface area contributed by atoms with Gasteiger partial charge in [-0.05, 0) is 17.5 Å². The Hall–Kier alpha value is -3.22. The van der Waals surface area contributed by atoms with Crippen LogP contribution in [0.1, 0.15) is 18.1 Å². The highest BCUT2D eigenvalue weighted by molar-refractivity contribution is 5.70. The summed E-state index contributed by atoms with van der Waals surface area (Å²) in [5.74, 6) is -4.21. The highest BCUT2D eigenvalue weighted by atomic mass is 16.4. The fraction of sp³-hybridized carbons (Fsp3) is 0.677. The highest BCUT2D eigenvalue weighted by Gasteiger charge is 2.38. The summed E-state index contributed by atoms with van der Waals surface area (Å²) in [6.07, 6.45) is 0.896. The zero-order valence-electron chi connectivity index (χ0n) is 27.3. The van der Waals surface area contributed by atoms with Gasteiger partial charge in [0.25, 0.3) is 0 Å². The minimum absolute atomic E-state index is 0.104. The van der Waals surface area contributed by atoms with Gasteiger partial charge in [-0.25, -0.2) is 0 Å². The molecular formula is C31H52N8O8. The molecule has 4 rings (SSSR count). The number of aryl methyl sites for hydroxylation is 1. The van der Waals surface area contributed by atoms with E-state index in [0.717, 1.165) is 12.0 Å². The van der Waals surface area contributed by atoms with E-state index in [4.69, 9.17) is 5.73 Å². The number of nitrogens with one attached hydrogen (secondary N) is 3. The summed E-state index contributed by atoms with van der Waals surface area (Å²) < 4.78 is 0. The molecule has 0 aromatic heterocycles. The molecule has 47 heavy (non-hydrogen) atoms. The Morgan fingerprint density at radius 2 is 1.06 bits per heavy atom. The van der Waals surface area contributed by atoms with Crippen molar-refractivity contribution in [3.8, 4) is 0 Å². The van der Waals surface area contributed by atoms with Gasteiger partial charge in [-0.1, -0.05) is 31.2 Å². The van der Waals surface area contributed by atoms with Crippen LogP contribution in [0.15, 0.2) is 24.3 Å². The lowest BCUT2D eigenvalue weighted by atomic mass is 9.95.